The van der Waals surface area contributed by atoms with Gasteiger partial charge < -0.3 is 14.6 Å². The van der Waals surface area contributed by atoms with E-state index in [0.29, 0.717) is 25.7 Å². The number of fused-ring (bicyclic) bond motifs is 1. The third-order valence-corrected chi connectivity index (χ3v) is 8.34. The molecule has 0 aromatic rings. The van der Waals surface area contributed by atoms with E-state index in [1.165, 1.54) is 19.4 Å². The molecule has 5 atom stereocenters. The summed E-state index contributed by atoms with van der Waals surface area (Å²) in [6.45, 7) is 6.44. The minimum atomic E-state index is -5.97. The first-order valence-electron chi connectivity index (χ1n) is 13.7. The van der Waals surface area contributed by atoms with Crippen molar-refractivity contribution in [2.75, 3.05) is 0 Å². The molecule has 0 spiro atoms. The molecule has 0 aliphatic heterocycles. The van der Waals surface area contributed by atoms with Crippen LogP contribution in [0.2, 0.25) is 0 Å². The molecule has 0 aromatic heterocycles. The predicted octanol–water partition coefficient (Wildman–Crippen LogP) is 6.91. The van der Waals surface area contributed by atoms with Crippen molar-refractivity contribution >= 4 is 11.9 Å². The number of ether oxygens (including phenoxy) is 2. The summed E-state index contributed by atoms with van der Waals surface area (Å²) in [5.74, 6) is 1.90. The van der Waals surface area contributed by atoms with E-state index in [1.807, 2.05) is 24.1 Å². The molecule has 3 aliphatic carbocycles. The van der Waals surface area contributed by atoms with Crippen molar-refractivity contribution in [3.8, 4) is 11.8 Å². The fraction of sp³-hybridized carbons (Fsp3) is 0.667. The highest BCUT2D eigenvalue weighted by atomic mass is 19.4. The highest BCUT2D eigenvalue weighted by Crippen LogP contribution is 2.57. The van der Waals surface area contributed by atoms with Crippen molar-refractivity contribution in [2.24, 2.45) is 17.3 Å². The van der Waals surface area contributed by atoms with Crippen LogP contribution in [0.3, 0.4) is 0 Å². The molecule has 5 nitrogen and oxygen atoms in total. The molecular formula is C30H36F6O5. The maximum absolute atomic E-state index is 13.0. The fourth-order valence-electron chi connectivity index (χ4n) is 6.50. The minimum absolute atomic E-state index is 0.109. The third-order valence-electron chi connectivity index (χ3n) is 8.34. The van der Waals surface area contributed by atoms with Crippen LogP contribution in [0.4, 0.5) is 26.3 Å². The van der Waals surface area contributed by atoms with E-state index < -0.39 is 48.0 Å². The first-order chi connectivity index (χ1) is 18.9. The lowest BCUT2D eigenvalue weighted by atomic mass is 9.62. The van der Waals surface area contributed by atoms with Crippen LogP contribution >= 0.6 is 0 Å². The molecule has 0 heterocycles. The summed E-state index contributed by atoms with van der Waals surface area (Å²) >= 11 is 0. The Morgan fingerprint density at radius 3 is 2.15 bits per heavy atom. The van der Waals surface area contributed by atoms with Crippen LogP contribution in [-0.2, 0) is 19.1 Å². The van der Waals surface area contributed by atoms with E-state index in [9.17, 15) is 41.0 Å². The first kappa shape index (κ1) is 32.8. The molecule has 2 saturated carbocycles. The zero-order valence-corrected chi connectivity index (χ0v) is 23.5. The van der Waals surface area contributed by atoms with E-state index >= 15 is 0 Å². The number of rotatable bonds is 5. The van der Waals surface area contributed by atoms with Crippen molar-refractivity contribution in [3.63, 3.8) is 0 Å². The Labute approximate surface area is 236 Å². The molecule has 2 fully saturated rings. The molecular weight excluding hydrogens is 554 g/mol. The van der Waals surface area contributed by atoms with E-state index in [-0.39, 0.29) is 17.8 Å². The number of hydrogen-bond acceptors (Lipinski definition) is 5. The van der Waals surface area contributed by atoms with E-state index in [0.717, 1.165) is 36.3 Å². The average molecular weight is 591 g/mol. The van der Waals surface area contributed by atoms with Crippen LogP contribution in [0.25, 0.3) is 0 Å². The SMILES string of the molecule is CC(=O)OC1CC(=C/C=C2\CCC[C@]3(C)C([C@H](C)CC#CC(O)(C(F)(F)F)C(F)(F)F)=CCC23)C[C@@H](OC(C)=O)C1. The second-order valence-corrected chi connectivity index (χ2v) is 11.5. The number of aliphatic hydroxyl groups is 1. The van der Waals surface area contributed by atoms with Crippen LogP contribution in [0, 0.1) is 29.1 Å². The Bertz CT molecular complexity index is 1130. The standard InChI is InChI=1S/C30H36F6O5/c1-18(7-5-14-28(39,29(31,32)33)30(34,35)36)25-11-12-26-22(8-6-13-27(25,26)4)10-9-21-15-23(40-19(2)37)17-24(16-21)41-20(3)38/h9-11,18,23-24,26,39H,6-8,12-13,15-17H2,1-4H3/b21-9?,22-10+/t18-,23-,24?,26?,27-/m1/s1. The van der Waals surface area contributed by atoms with Crippen molar-refractivity contribution in [3.05, 3.63) is 34.9 Å². The van der Waals surface area contributed by atoms with Gasteiger partial charge in [0.25, 0.3) is 0 Å². The molecule has 0 saturated heterocycles. The Balaban J connectivity index is 1.77. The number of hydrogen-bond donors (Lipinski definition) is 1. The van der Waals surface area contributed by atoms with Gasteiger partial charge in [-0.05, 0) is 48.9 Å². The van der Waals surface area contributed by atoms with Crippen LogP contribution in [0.1, 0.15) is 79.1 Å². The van der Waals surface area contributed by atoms with Crippen molar-refractivity contribution in [1.29, 1.82) is 0 Å². The van der Waals surface area contributed by atoms with Crippen LogP contribution in [0.5, 0.6) is 0 Å². The number of esters is 2. The maximum atomic E-state index is 13.0. The number of carbonyl (C=O) groups excluding carboxylic acids is 2. The summed E-state index contributed by atoms with van der Waals surface area (Å²) in [4.78, 5) is 23.0. The van der Waals surface area contributed by atoms with E-state index in [2.05, 4.69) is 6.92 Å². The second-order valence-electron chi connectivity index (χ2n) is 11.5. The second kappa shape index (κ2) is 12.2. The Kier molecular flexibility index (Phi) is 9.78. The van der Waals surface area contributed by atoms with Gasteiger partial charge in [0.15, 0.2) is 0 Å². The van der Waals surface area contributed by atoms with E-state index in [1.54, 1.807) is 6.92 Å². The molecule has 0 amide bonds. The molecule has 1 N–H and O–H groups in total. The fourth-order valence-corrected chi connectivity index (χ4v) is 6.50. The van der Waals surface area contributed by atoms with E-state index in [4.69, 9.17) is 9.47 Å². The van der Waals surface area contributed by atoms with Gasteiger partial charge >= 0.3 is 29.9 Å². The summed E-state index contributed by atoms with van der Waals surface area (Å²) in [6.07, 6.45) is -2.33. The molecule has 0 aromatic carbocycles. The molecule has 0 bridgehead atoms. The number of allylic oxidation sites excluding steroid dienone is 5. The highest BCUT2D eigenvalue weighted by molar-refractivity contribution is 5.67. The summed E-state index contributed by atoms with van der Waals surface area (Å²) in [7, 11) is 0. The molecule has 3 rings (SSSR count). The summed E-state index contributed by atoms with van der Waals surface area (Å²) < 4.78 is 88.6. The van der Waals surface area contributed by atoms with Crippen molar-refractivity contribution in [2.45, 2.75) is 109 Å². The lowest BCUT2D eigenvalue weighted by molar-refractivity contribution is -0.343. The lowest BCUT2D eigenvalue weighted by Crippen LogP contribution is -2.55. The van der Waals surface area contributed by atoms with Crippen molar-refractivity contribution in [1.82, 2.24) is 0 Å². The quantitative estimate of drug-likeness (QED) is 0.163. The molecule has 3 aliphatic rings. The topological polar surface area (TPSA) is 72.8 Å². The van der Waals surface area contributed by atoms with Crippen LogP contribution in [0.15, 0.2) is 34.9 Å². The summed E-state index contributed by atoms with van der Waals surface area (Å²) in [5.41, 5.74) is -2.31. The smallest absolute Gasteiger partial charge is 0.438 e. The largest absolute Gasteiger partial charge is 0.462 e. The van der Waals surface area contributed by atoms with Gasteiger partial charge in [-0.2, -0.15) is 26.3 Å². The summed E-state index contributed by atoms with van der Waals surface area (Å²) in [5, 5.41) is 9.32. The first-order valence-corrected chi connectivity index (χ1v) is 13.7. The number of alkyl halides is 6. The van der Waals surface area contributed by atoms with Crippen LogP contribution < -0.4 is 0 Å². The third kappa shape index (κ3) is 7.37. The average Bonchev–Trinajstić information content (AvgIpc) is 3.17. The van der Waals surface area contributed by atoms with Gasteiger partial charge in [0.2, 0.25) is 0 Å². The molecule has 0 radical (unpaired) electrons. The van der Waals surface area contributed by atoms with Gasteiger partial charge in [0.05, 0.1) is 0 Å². The molecule has 228 valence electrons. The lowest BCUT2D eigenvalue weighted by Gasteiger charge is -2.42. The van der Waals surface area contributed by atoms with Crippen LogP contribution in [-0.4, -0.2) is 47.2 Å². The monoisotopic (exact) mass is 590 g/mol. The number of carbonyl (C=O) groups is 2. The minimum Gasteiger partial charge on any atom is -0.462 e. The molecule has 2 unspecified atom stereocenters. The maximum Gasteiger partial charge on any atom is 0.438 e. The zero-order chi connectivity index (χ0) is 30.8. The zero-order valence-electron chi connectivity index (χ0n) is 23.5. The van der Waals surface area contributed by atoms with Gasteiger partial charge in [-0.3, -0.25) is 9.59 Å². The van der Waals surface area contributed by atoms with Gasteiger partial charge in [-0.25, -0.2) is 0 Å². The summed E-state index contributed by atoms with van der Waals surface area (Å²) in [6, 6.07) is 0. The van der Waals surface area contributed by atoms with Gasteiger partial charge in [0, 0.05) is 39.5 Å². The molecule has 41 heavy (non-hydrogen) atoms. The van der Waals surface area contributed by atoms with Gasteiger partial charge in [-0.1, -0.05) is 54.7 Å². The van der Waals surface area contributed by atoms with Gasteiger partial charge in [-0.15, -0.1) is 0 Å². The van der Waals surface area contributed by atoms with Gasteiger partial charge in [0.1, 0.15) is 12.2 Å². The Morgan fingerprint density at radius 2 is 1.63 bits per heavy atom. The number of halogens is 6. The Hall–Kier alpha value is -2.74. The molecule has 11 heteroatoms. The van der Waals surface area contributed by atoms with Crippen molar-refractivity contribution < 1.29 is 50.5 Å². The predicted molar refractivity (Wildman–Crippen MR) is 138 cm³/mol. The highest BCUT2D eigenvalue weighted by Gasteiger charge is 2.70. The normalized spacial score (nSPS) is 29.7. The Morgan fingerprint density at radius 1 is 1.07 bits per heavy atom.